The Morgan fingerprint density at radius 1 is 1.20 bits per heavy atom. The zero-order valence-corrected chi connectivity index (χ0v) is 23.9. The second-order valence-electron chi connectivity index (χ2n) is 11.3. The number of piperazine rings is 1. The predicted molar refractivity (Wildman–Crippen MR) is 154 cm³/mol. The number of hydrogen-bond acceptors (Lipinski definition) is 7. The van der Waals surface area contributed by atoms with Crippen LogP contribution < -0.4 is 4.74 Å². The number of hydrogen-bond donors (Lipinski definition) is 1. The third kappa shape index (κ3) is 5.50. The highest BCUT2D eigenvalue weighted by Crippen LogP contribution is 2.40. The first-order valence-corrected chi connectivity index (χ1v) is 14.6. The number of halogens is 1. The predicted octanol–water partition coefficient (Wildman–Crippen LogP) is 3.26. The van der Waals surface area contributed by atoms with Crippen LogP contribution in [0.15, 0.2) is 49.1 Å². The Hall–Kier alpha value is -2.92. The molecule has 2 aromatic heterocycles. The van der Waals surface area contributed by atoms with Crippen molar-refractivity contribution in [1.29, 1.82) is 0 Å². The summed E-state index contributed by atoms with van der Waals surface area (Å²) in [5.41, 5.74) is 3.96. The average molecular weight is 563 g/mol. The van der Waals surface area contributed by atoms with Crippen molar-refractivity contribution >= 4 is 24.6 Å². The molecular weight excluding hydrogens is 527 g/mol. The lowest BCUT2D eigenvalue weighted by Crippen LogP contribution is -2.64. The maximum absolute atomic E-state index is 14.2. The molecule has 0 spiro atoms. The Kier molecular flexibility index (Phi) is 7.85. The minimum Gasteiger partial charge on any atom is -0.488 e. The lowest BCUT2D eigenvalue weighted by Gasteiger charge is -2.46. The third-order valence-electron chi connectivity index (χ3n) is 8.48. The van der Waals surface area contributed by atoms with Crippen molar-refractivity contribution in [3.63, 3.8) is 0 Å². The van der Waals surface area contributed by atoms with Gasteiger partial charge in [0, 0.05) is 67.8 Å². The van der Waals surface area contributed by atoms with Gasteiger partial charge in [-0.1, -0.05) is 23.7 Å². The van der Waals surface area contributed by atoms with Crippen LogP contribution >= 0.6 is 11.6 Å². The molecule has 0 saturated carbocycles. The number of benzene rings is 1. The van der Waals surface area contributed by atoms with E-state index < -0.39 is 13.1 Å². The van der Waals surface area contributed by atoms with Gasteiger partial charge in [0.15, 0.2) is 0 Å². The molecule has 210 valence electrons. The minimum atomic E-state index is -0.723. The van der Waals surface area contributed by atoms with Crippen LogP contribution in [-0.2, 0) is 17.9 Å². The summed E-state index contributed by atoms with van der Waals surface area (Å²) in [6, 6.07) is 9.09. The van der Waals surface area contributed by atoms with Gasteiger partial charge in [0.05, 0.1) is 29.8 Å². The SMILES string of the molecule is CB(O)N1CCN([C@H]2c3ccc(Cl)cc3OCc3cccnc32)C[C@@H]1C(=O)N1CCC[C@@H](Cn2cnc(C)c2)C1. The second kappa shape index (κ2) is 11.5. The molecule has 0 radical (unpaired) electrons. The van der Waals surface area contributed by atoms with Gasteiger partial charge in [0.1, 0.15) is 12.4 Å². The highest BCUT2D eigenvalue weighted by Gasteiger charge is 2.42. The average Bonchev–Trinajstić information content (AvgIpc) is 3.29. The molecule has 3 aliphatic rings. The monoisotopic (exact) mass is 562 g/mol. The largest absolute Gasteiger partial charge is 0.488 e. The molecule has 0 bridgehead atoms. The maximum atomic E-state index is 14.2. The van der Waals surface area contributed by atoms with Gasteiger partial charge in [-0.25, -0.2) is 4.98 Å². The highest BCUT2D eigenvalue weighted by molar-refractivity contribution is 6.45. The van der Waals surface area contributed by atoms with Gasteiger partial charge in [-0.2, -0.15) is 0 Å². The number of amides is 1. The maximum Gasteiger partial charge on any atom is 0.377 e. The minimum absolute atomic E-state index is 0.0829. The number of imidazole rings is 1. The van der Waals surface area contributed by atoms with E-state index in [1.165, 1.54) is 0 Å². The Labute approximate surface area is 240 Å². The van der Waals surface area contributed by atoms with Gasteiger partial charge in [-0.3, -0.25) is 14.7 Å². The van der Waals surface area contributed by atoms with E-state index in [-0.39, 0.29) is 11.9 Å². The van der Waals surface area contributed by atoms with Crippen LogP contribution in [-0.4, -0.2) is 85.9 Å². The van der Waals surface area contributed by atoms with Gasteiger partial charge in [-0.05, 0) is 50.7 Å². The van der Waals surface area contributed by atoms with Crippen molar-refractivity contribution < 1.29 is 14.6 Å². The molecule has 3 aromatic rings. The van der Waals surface area contributed by atoms with E-state index in [9.17, 15) is 9.82 Å². The van der Waals surface area contributed by atoms with Crippen LogP contribution in [0, 0.1) is 12.8 Å². The first kappa shape index (κ1) is 27.3. The van der Waals surface area contributed by atoms with Crippen LogP contribution in [0.1, 0.15) is 41.4 Å². The first-order valence-electron chi connectivity index (χ1n) is 14.2. The van der Waals surface area contributed by atoms with E-state index in [1.54, 1.807) is 6.82 Å². The third-order valence-corrected chi connectivity index (χ3v) is 8.72. The lowest BCUT2D eigenvalue weighted by molar-refractivity contribution is -0.139. The molecule has 2 fully saturated rings. The molecular formula is C29H36BClN6O3. The van der Waals surface area contributed by atoms with Crippen LogP contribution in [0.3, 0.4) is 0 Å². The van der Waals surface area contributed by atoms with Gasteiger partial charge >= 0.3 is 7.05 Å². The number of likely N-dealkylation sites (tertiary alicyclic amines) is 1. The molecule has 2 saturated heterocycles. The number of carbonyl (C=O) groups excluding carboxylic acids is 1. The smallest absolute Gasteiger partial charge is 0.377 e. The van der Waals surface area contributed by atoms with E-state index in [2.05, 4.69) is 20.6 Å². The van der Waals surface area contributed by atoms with Crippen molar-refractivity contribution in [2.24, 2.45) is 5.92 Å². The molecule has 3 aliphatic heterocycles. The van der Waals surface area contributed by atoms with Gasteiger partial charge in [0.25, 0.3) is 0 Å². The first-order chi connectivity index (χ1) is 19.4. The van der Waals surface area contributed by atoms with Crippen molar-refractivity contribution in [3.05, 3.63) is 76.6 Å². The number of rotatable bonds is 5. The topological polar surface area (TPSA) is 87.0 Å². The van der Waals surface area contributed by atoms with E-state index in [1.807, 2.05) is 59.5 Å². The zero-order valence-electron chi connectivity index (χ0n) is 23.1. The van der Waals surface area contributed by atoms with E-state index in [4.69, 9.17) is 21.3 Å². The fraction of sp³-hybridized carbons (Fsp3) is 0.483. The number of carbonyl (C=O) groups is 1. The number of fused-ring (bicyclic) bond motifs is 2. The summed E-state index contributed by atoms with van der Waals surface area (Å²) in [5.74, 6) is 1.20. The van der Waals surface area contributed by atoms with Crippen molar-refractivity contribution in [1.82, 2.24) is 29.1 Å². The number of pyridine rings is 1. The summed E-state index contributed by atoms with van der Waals surface area (Å²) >= 11 is 6.34. The van der Waals surface area contributed by atoms with Crippen LogP contribution in [0.2, 0.25) is 11.8 Å². The number of piperidine rings is 1. The summed E-state index contributed by atoms with van der Waals surface area (Å²) < 4.78 is 8.31. The number of aryl methyl sites for hydroxylation is 1. The molecule has 6 rings (SSSR count). The second-order valence-corrected chi connectivity index (χ2v) is 11.7. The summed E-state index contributed by atoms with van der Waals surface area (Å²) in [4.78, 5) is 29.6. The molecule has 1 N–H and O–H groups in total. The summed E-state index contributed by atoms with van der Waals surface area (Å²) in [5, 5.41) is 11.3. The normalized spacial score (nSPS) is 23.6. The van der Waals surface area contributed by atoms with Crippen LogP contribution in [0.4, 0.5) is 0 Å². The fourth-order valence-electron chi connectivity index (χ4n) is 6.57. The highest BCUT2D eigenvalue weighted by atomic mass is 35.5. The van der Waals surface area contributed by atoms with E-state index in [0.29, 0.717) is 43.7 Å². The molecule has 1 amide bonds. The Bertz CT molecular complexity index is 1370. The number of aromatic nitrogens is 3. The quantitative estimate of drug-likeness (QED) is 0.478. The van der Waals surface area contributed by atoms with E-state index in [0.717, 1.165) is 54.2 Å². The number of ether oxygens (including phenoxy) is 1. The molecule has 11 heteroatoms. The summed E-state index contributed by atoms with van der Waals surface area (Å²) in [6.45, 7) is 8.20. The number of nitrogens with zero attached hydrogens (tertiary/aromatic N) is 6. The molecule has 40 heavy (non-hydrogen) atoms. The molecule has 0 aliphatic carbocycles. The van der Waals surface area contributed by atoms with Gasteiger partial charge < -0.3 is 24.0 Å². The van der Waals surface area contributed by atoms with E-state index >= 15 is 0 Å². The standard InChI is InChI=1S/C29H36BClN6O3/c1-20-14-34(19-33-20)15-21-5-4-10-36(16-21)29(38)25-17-35(11-12-37(25)30(2)39)28-24-8-7-23(31)13-26(24)40-18-22-6-3-9-32-27(22)28/h3,6-9,13-14,19,21,25,28,39H,4-5,10-12,15-18H2,1-2H3/t21-,25+,28-/m0/s1. The molecule has 9 nitrogen and oxygen atoms in total. The van der Waals surface area contributed by atoms with Crippen molar-refractivity contribution in [3.8, 4) is 5.75 Å². The van der Waals surface area contributed by atoms with Crippen molar-refractivity contribution in [2.45, 2.75) is 51.8 Å². The summed E-state index contributed by atoms with van der Waals surface area (Å²) in [7, 11) is -0.723. The lowest BCUT2D eigenvalue weighted by atomic mass is 9.81. The van der Waals surface area contributed by atoms with Gasteiger partial charge in [-0.15, -0.1) is 0 Å². The van der Waals surface area contributed by atoms with Crippen molar-refractivity contribution in [2.75, 3.05) is 32.7 Å². The Morgan fingerprint density at radius 2 is 2.08 bits per heavy atom. The summed E-state index contributed by atoms with van der Waals surface area (Å²) in [6.07, 6.45) is 7.80. The molecule has 5 heterocycles. The van der Waals surface area contributed by atoms with Gasteiger partial charge in [0.2, 0.25) is 5.91 Å². The van der Waals surface area contributed by atoms with Crippen LogP contribution in [0.25, 0.3) is 0 Å². The molecule has 3 atom stereocenters. The van der Waals surface area contributed by atoms with Crippen LogP contribution in [0.5, 0.6) is 5.75 Å². The molecule has 0 unspecified atom stereocenters. The fourth-order valence-corrected chi connectivity index (χ4v) is 6.73. The Balaban J connectivity index is 1.27. The molecule has 1 aromatic carbocycles. The zero-order chi connectivity index (χ0) is 27.8. The Morgan fingerprint density at radius 3 is 2.88 bits per heavy atom.